The molecule has 0 unspecified atom stereocenters. The molecule has 0 aromatic rings. The van der Waals surface area contributed by atoms with Gasteiger partial charge in [-0.1, -0.05) is 13.8 Å². The molecule has 0 amide bonds. The summed E-state index contributed by atoms with van der Waals surface area (Å²) in [5.41, 5.74) is -0.252. The van der Waals surface area contributed by atoms with Crippen LogP contribution < -0.4 is 0 Å². The van der Waals surface area contributed by atoms with Crippen molar-refractivity contribution >= 4 is 0 Å². The van der Waals surface area contributed by atoms with Crippen molar-refractivity contribution in [2.24, 2.45) is 5.92 Å². The number of rotatable bonds is 1. The maximum Gasteiger partial charge on any atom is 0.442 e. The Morgan fingerprint density at radius 2 is 1.55 bits per heavy atom. The largest absolute Gasteiger partial charge is 0.442 e. The summed E-state index contributed by atoms with van der Waals surface area (Å²) in [7, 11) is 0. The molecule has 0 atom stereocenters. The molecular weight excluding hydrogens is 160 g/mol. The number of alkyl halides is 3. The third-order valence-corrected chi connectivity index (χ3v) is 1.46. The first-order valence-electron chi connectivity index (χ1n) is 3.20. The Balaban J connectivity index is 4.67. The Kier molecular flexibility index (Phi) is 3.08. The van der Waals surface area contributed by atoms with E-state index in [1.807, 2.05) is 0 Å². The van der Waals surface area contributed by atoms with Gasteiger partial charge >= 0.3 is 6.18 Å². The molecule has 0 fully saturated rings. The molecular formula is C7H10F4. The van der Waals surface area contributed by atoms with Crippen molar-refractivity contribution in [1.82, 2.24) is 0 Å². The van der Waals surface area contributed by atoms with Gasteiger partial charge in [-0.3, -0.25) is 0 Å². The highest BCUT2D eigenvalue weighted by Crippen LogP contribution is 2.31. The van der Waals surface area contributed by atoms with Gasteiger partial charge in [0.1, 0.15) is 0 Å². The van der Waals surface area contributed by atoms with Crippen molar-refractivity contribution in [1.29, 1.82) is 0 Å². The quantitative estimate of drug-likeness (QED) is 0.529. The van der Waals surface area contributed by atoms with Crippen LogP contribution in [0.1, 0.15) is 20.8 Å². The fraction of sp³-hybridized carbons (Fsp3) is 0.714. The first kappa shape index (κ1) is 10.5. The SMILES string of the molecule is C/C(=C(/F)C(F)(F)F)C(C)C. The molecule has 0 heterocycles. The maximum atomic E-state index is 12.3. The molecule has 0 aromatic carbocycles. The average Bonchev–Trinajstić information content (AvgIpc) is 1.82. The third-order valence-electron chi connectivity index (χ3n) is 1.46. The lowest BCUT2D eigenvalue weighted by atomic mass is 10.0. The van der Waals surface area contributed by atoms with Crippen LogP contribution in [0.4, 0.5) is 17.6 Å². The topological polar surface area (TPSA) is 0 Å². The molecule has 0 aliphatic heterocycles. The Morgan fingerprint density at radius 1 is 1.18 bits per heavy atom. The second kappa shape index (κ2) is 3.24. The number of allylic oxidation sites excluding steroid dienone is 2. The lowest BCUT2D eigenvalue weighted by Gasteiger charge is -2.09. The van der Waals surface area contributed by atoms with E-state index in [1.165, 1.54) is 13.8 Å². The average molecular weight is 170 g/mol. The van der Waals surface area contributed by atoms with Crippen LogP contribution in [0.2, 0.25) is 0 Å². The second-order valence-electron chi connectivity index (χ2n) is 2.65. The minimum absolute atomic E-state index is 0.252. The van der Waals surface area contributed by atoms with Gasteiger partial charge in [0.25, 0.3) is 0 Å². The van der Waals surface area contributed by atoms with Crippen LogP contribution in [0, 0.1) is 5.92 Å². The van der Waals surface area contributed by atoms with Crippen molar-refractivity contribution < 1.29 is 17.6 Å². The minimum atomic E-state index is -4.83. The van der Waals surface area contributed by atoms with Gasteiger partial charge in [0.15, 0.2) is 0 Å². The van der Waals surface area contributed by atoms with Crippen LogP contribution in [0.15, 0.2) is 11.4 Å². The fourth-order valence-corrected chi connectivity index (χ4v) is 0.477. The van der Waals surface area contributed by atoms with E-state index in [0.29, 0.717) is 0 Å². The molecule has 11 heavy (non-hydrogen) atoms. The zero-order chi connectivity index (χ0) is 9.23. The van der Waals surface area contributed by atoms with E-state index in [1.54, 1.807) is 0 Å². The zero-order valence-corrected chi connectivity index (χ0v) is 6.59. The predicted molar refractivity (Wildman–Crippen MR) is 34.7 cm³/mol. The summed E-state index contributed by atoms with van der Waals surface area (Å²) in [4.78, 5) is 0. The molecule has 0 radical (unpaired) electrons. The molecule has 0 rings (SSSR count). The predicted octanol–water partition coefficient (Wildman–Crippen LogP) is 3.45. The summed E-state index contributed by atoms with van der Waals surface area (Å²) in [6.07, 6.45) is -4.83. The third kappa shape index (κ3) is 2.91. The Morgan fingerprint density at radius 3 is 1.64 bits per heavy atom. The lowest BCUT2D eigenvalue weighted by Crippen LogP contribution is -2.11. The Labute approximate surface area is 62.9 Å². The van der Waals surface area contributed by atoms with E-state index in [2.05, 4.69) is 0 Å². The normalized spacial score (nSPS) is 15.3. The van der Waals surface area contributed by atoms with Gasteiger partial charge in [-0.15, -0.1) is 0 Å². The summed E-state index contributed by atoms with van der Waals surface area (Å²) >= 11 is 0. The number of halogens is 4. The molecule has 66 valence electrons. The van der Waals surface area contributed by atoms with Gasteiger partial charge in [-0.05, 0) is 18.4 Å². The van der Waals surface area contributed by atoms with Crippen molar-refractivity contribution in [2.45, 2.75) is 26.9 Å². The summed E-state index contributed by atoms with van der Waals surface area (Å²) in [6, 6.07) is 0. The highest BCUT2D eigenvalue weighted by atomic mass is 19.4. The highest BCUT2D eigenvalue weighted by molar-refractivity contribution is 5.11. The molecule has 0 spiro atoms. The monoisotopic (exact) mass is 170 g/mol. The molecule has 0 aliphatic carbocycles. The zero-order valence-electron chi connectivity index (χ0n) is 6.59. The Hall–Kier alpha value is -0.540. The lowest BCUT2D eigenvalue weighted by molar-refractivity contribution is -0.110. The van der Waals surface area contributed by atoms with E-state index < -0.39 is 17.9 Å². The standard InChI is InChI=1S/C7H10F4/c1-4(2)5(3)6(8)7(9,10)11/h4H,1-3H3/b6-5-. The molecule has 0 saturated heterocycles. The van der Waals surface area contributed by atoms with Crippen LogP contribution in [0.25, 0.3) is 0 Å². The van der Waals surface area contributed by atoms with Crippen LogP contribution in [0.5, 0.6) is 0 Å². The molecule has 0 bridgehead atoms. The van der Waals surface area contributed by atoms with E-state index in [9.17, 15) is 17.6 Å². The first-order chi connectivity index (χ1) is 4.76. The molecule has 0 nitrogen and oxygen atoms in total. The van der Waals surface area contributed by atoms with E-state index >= 15 is 0 Å². The molecule has 0 N–H and O–H groups in total. The van der Waals surface area contributed by atoms with Crippen molar-refractivity contribution in [2.75, 3.05) is 0 Å². The number of hydrogen-bond acceptors (Lipinski definition) is 0. The van der Waals surface area contributed by atoms with Crippen LogP contribution >= 0.6 is 0 Å². The van der Waals surface area contributed by atoms with Crippen LogP contribution in [0.3, 0.4) is 0 Å². The van der Waals surface area contributed by atoms with Gasteiger partial charge in [0, 0.05) is 0 Å². The van der Waals surface area contributed by atoms with Gasteiger partial charge in [-0.2, -0.15) is 13.2 Å². The van der Waals surface area contributed by atoms with Crippen molar-refractivity contribution in [3.05, 3.63) is 11.4 Å². The van der Waals surface area contributed by atoms with Gasteiger partial charge < -0.3 is 0 Å². The van der Waals surface area contributed by atoms with E-state index in [0.717, 1.165) is 6.92 Å². The van der Waals surface area contributed by atoms with E-state index in [4.69, 9.17) is 0 Å². The first-order valence-corrected chi connectivity index (χ1v) is 3.20. The summed E-state index contributed by atoms with van der Waals surface area (Å²) in [6.45, 7) is 4.18. The molecule has 4 heteroatoms. The van der Waals surface area contributed by atoms with Crippen LogP contribution in [-0.4, -0.2) is 6.18 Å². The molecule has 0 aliphatic rings. The number of hydrogen-bond donors (Lipinski definition) is 0. The van der Waals surface area contributed by atoms with Gasteiger partial charge in [-0.25, -0.2) is 4.39 Å². The maximum absolute atomic E-state index is 12.3. The summed E-state index contributed by atoms with van der Waals surface area (Å²) in [5.74, 6) is -2.37. The Bertz CT molecular complexity index is 164. The fourth-order valence-electron chi connectivity index (χ4n) is 0.477. The summed E-state index contributed by atoms with van der Waals surface area (Å²) < 4.78 is 47.2. The smallest absolute Gasteiger partial charge is 0.202 e. The minimum Gasteiger partial charge on any atom is -0.202 e. The van der Waals surface area contributed by atoms with E-state index in [-0.39, 0.29) is 5.57 Å². The summed E-state index contributed by atoms with van der Waals surface area (Å²) in [5, 5.41) is 0. The highest BCUT2D eigenvalue weighted by Gasteiger charge is 2.36. The second-order valence-corrected chi connectivity index (χ2v) is 2.65. The van der Waals surface area contributed by atoms with Gasteiger partial charge in [0.2, 0.25) is 5.83 Å². The van der Waals surface area contributed by atoms with Crippen molar-refractivity contribution in [3.63, 3.8) is 0 Å². The molecule has 0 aromatic heterocycles. The molecule has 0 saturated carbocycles. The van der Waals surface area contributed by atoms with Crippen LogP contribution in [-0.2, 0) is 0 Å². The van der Waals surface area contributed by atoms with Gasteiger partial charge in [0.05, 0.1) is 0 Å². The van der Waals surface area contributed by atoms with Crippen molar-refractivity contribution in [3.8, 4) is 0 Å².